The molecule has 0 bridgehead atoms. The number of hydrogen-bond donors (Lipinski definition) is 2. The first-order valence-corrected chi connectivity index (χ1v) is 6.54. The van der Waals surface area contributed by atoms with Crippen molar-refractivity contribution in [2.75, 3.05) is 18.5 Å². The Balaban J connectivity index is 1.74. The van der Waals surface area contributed by atoms with Crippen molar-refractivity contribution in [2.24, 2.45) is 0 Å². The predicted octanol–water partition coefficient (Wildman–Crippen LogP) is 1.09. The lowest BCUT2D eigenvalue weighted by Crippen LogP contribution is -2.35. The molecule has 1 fully saturated rings. The largest absolute Gasteiger partial charge is 0.379 e. The first kappa shape index (κ1) is 12.2. The van der Waals surface area contributed by atoms with Crippen LogP contribution in [0.3, 0.4) is 0 Å². The van der Waals surface area contributed by atoms with Crippen LogP contribution in [0.15, 0.2) is 18.2 Å². The maximum Gasteiger partial charge on any atom is 0.251 e. The molecule has 1 atom stereocenters. The molecule has 0 saturated carbocycles. The van der Waals surface area contributed by atoms with E-state index in [0.29, 0.717) is 31.6 Å². The Labute approximate surface area is 111 Å². The molecule has 0 radical (unpaired) electrons. The summed E-state index contributed by atoms with van der Waals surface area (Å²) >= 11 is 0. The maximum atomic E-state index is 12.1. The number of carbonyl (C=O) groups is 2. The summed E-state index contributed by atoms with van der Waals surface area (Å²) in [4.78, 5) is 23.4. The minimum absolute atomic E-state index is 0.0350. The maximum absolute atomic E-state index is 12.1. The molecule has 1 aromatic rings. The topological polar surface area (TPSA) is 67.4 Å². The highest BCUT2D eigenvalue weighted by Gasteiger charge is 2.20. The Kier molecular flexibility index (Phi) is 3.21. The van der Waals surface area contributed by atoms with Gasteiger partial charge < -0.3 is 15.4 Å². The first-order chi connectivity index (χ1) is 9.22. The molecule has 5 heteroatoms. The van der Waals surface area contributed by atoms with Crippen LogP contribution in [0.2, 0.25) is 0 Å². The normalized spacial score (nSPS) is 21.7. The fourth-order valence-corrected chi connectivity index (χ4v) is 2.44. The van der Waals surface area contributed by atoms with Crippen LogP contribution in [-0.2, 0) is 16.0 Å². The summed E-state index contributed by atoms with van der Waals surface area (Å²) in [5.74, 6) is -0.0389. The lowest BCUT2D eigenvalue weighted by molar-refractivity contribution is -0.116. The number of hydrogen-bond acceptors (Lipinski definition) is 3. The summed E-state index contributed by atoms with van der Waals surface area (Å²) in [7, 11) is 0. The Morgan fingerprint density at radius 2 is 2.26 bits per heavy atom. The molecule has 2 N–H and O–H groups in total. The highest BCUT2D eigenvalue weighted by Crippen LogP contribution is 2.23. The van der Waals surface area contributed by atoms with Gasteiger partial charge in [-0.25, -0.2) is 0 Å². The van der Waals surface area contributed by atoms with Crippen molar-refractivity contribution in [3.63, 3.8) is 0 Å². The number of fused-ring (bicyclic) bond motifs is 1. The Morgan fingerprint density at radius 1 is 1.37 bits per heavy atom. The summed E-state index contributed by atoms with van der Waals surface area (Å²) in [6.07, 6.45) is 2.04. The molecule has 2 aliphatic rings. The van der Waals surface area contributed by atoms with Gasteiger partial charge in [0.05, 0.1) is 12.6 Å². The highest BCUT2D eigenvalue weighted by molar-refractivity contribution is 5.98. The van der Waals surface area contributed by atoms with E-state index < -0.39 is 0 Å². The zero-order valence-corrected chi connectivity index (χ0v) is 10.6. The average molecular weight is 260 g/mol. The molecule has 0 aromatic heterocycles. The molecule has 0 aliphatic carbocycles. The van der Waals surface area contributed by atoms with Gasteiger partial charge >= 0.3 is 0 Å². The van der Waals surface area contributed by atoms with Crippen molar-refractivity contribution in [2.45, 2.75) is 25.3 Å². The van der Waals surface area contributed by atoms with Crippen LogP contribution in [0, 0.1) is 0 Å². The number of aryl methyl sites for hydroxylation is 1. The van der Waals surface area contributed by atoms with Gasteiger partial charge in [0, 0.05) is 24.3 Å². The lowest BCUT2D eigenvalue weighted by Gasteiger charge is -2.18. The number of benzene rings is 1. The van der Waals surface area contributed by atoms with E-state index in [0.717, 1.165) is 17.7 Å². The van der Waals surface area contributed by atoms with E-state index in [1.807, 2.05) is 6.07 Å². The SMILES string of the molecule is O=C1CCc2cc(C(=O)NC3CCOC3)ccc2N1. The molecule has 19 heavy (non-hydrogen) atoms. The van der Waals surface area contributed by atoms with Gasteiger partial charge in [-0.05, 0) is 36.6 Å². The molecular weight excluding hydrogens is 244 g/mol. The van der Waals surface area contributed by atoms with E-state index in [4.69, 9.17) is 4.74 Å². The summed E-state index contributed by atoms with van der Waals surface area (Å²) in [5.41, 5.74) is 2.48. The van der Waals surface area contributed by atoms with E-state index in [1.165, 1.54) is 0 Å². The monoisotopic (exact) mass is 260 g/mol. The summed E-state index contributed by atoms with van der Waals surface area (Å²) < 4.78 is 5.23. The second kappa shape index (κ2) is 5.01. The standard InChI is InChI=1S/C14H16N2O3/c17-13-4-2-9-7-10(1-3-12(9)16-13)14(18)15-11-5-6-19-8-11/h1,3,7,11H,2,4-6,8H2,(H,15,18)(H,16,17). The van der Waals surface area contributed by atoms with E-state index >= 15 is 0 Å². The molecule has 1 aromatic carbocycles. The van der Waals surface area contributed by atoms with Crippen molar-refractivity contribution in [1.29, 1.82) is 0 Å². The lowest BCUT2D eigenvalue weighted by atomic mass is 10.00. The average Bonchev–Trinajstić information content (AvgIpc) is 2.91. The van der Waals surface area contributed by atoms with Gasteiger partial charge in [0.15, 0.2) is 0 Å². The molecule has 2 heterocycles. The zero-order valence-electron chi connectivity index (χ0n) is 10.6. The Hall–Kier alpha value is -1.88. The van der Waals surface area contributed by atoms with Crippen LogP contribution in [0.4, 0.5) is 5.69 Å². The Bertz CT molecular complexity index is 521. The molecule has 2 amide bonds. The highest BCUT2D eigenvalue weighted by atomic mass is 16.5. The van der Waals surface area contributed by atoms with Gasteiger partial charge in [-0.15, -0.1) is 0 Å². The zero-order chi connectivity index (χ0) is 13.2. The summed E-state index contributed by atoms with van der Waals surface area (Å²) in [5, 5.41) is 5.77. The van der Waals surface area contributed by atoms with Crippen LogP contribution < -0.4 is 10.6 Å². The second-order valence-corrected chi connectivity index (χ2v) is 4.95. The number of rotatable bonds is 2. The number of nitrogens with one attached hydrogen (secondary N) is 2. The van der Waals surface area contributed by atoms with Crippen LogP contribution in [0.1, 0.15) is 28.8 Å². The molecule has 1 unspecified atom stereocenters. The van der Waals surface area contributed by atoms with Gasteiger partial charge in [0.1, 0.15) is 0 Å². The predicted molar refractivity (Wildman–Crippen MR) is 70.1 cm³/mol. The van der Waals surface area contributed by atoms with Gasteiger partial charge in [-0.2, -0.15) is 0 Å². The van der Waals surface area contributed by atoms with Crippen LogP contribution in [0.5, 0.6) is 0 Å². The molecule has 3 rings (SSSR count). The number of carbonyl (C=O) groups excluding carboxylic acids is 2. The summed E-state index contributed by atoms with van der Waals surface area (Å²) in [6, 6.07) is 5.52. The minimum Gasteiger partial charge on any atom is -0.379 e. The van der Waals surface area contributed by atoms with Gasteiger partial charge in [0.2, 0.25) is 5.91 Å². The van der Waals surface area contributed by atoms with Crippen LogP contribution >= 0.6 is 0 Å². The van der Waals surface area contributed by atoms with Crippen molar-refractivity contribution >= 4 is 17.5 Å². The number of ether oxygens (including phenoxy) is 1. The number of amides is 2. The molecule has 5 nitrogen and oxygen atoms in total. The smallest absolute Gasteiger partial charge is 0.251 e. The van der Waals surface area contributed by atoms with Gasteiger partial charge in [0.25, 0.3) is 5.91 Å². The third-order valence-electron chi connectivity index (χ3n) is 3.53. The quantitative estimate of drug-likeness (QED) is 0.836. The fourth-order valence-electron chi connectivity index (χ4n) is 2.44. The molecule has 100 valence electrons. The van der Waals surface area contributed by atoms with E-state index in [1.54, 1.807) is 12.1 Å². The third-order valence-corrected chi connectivity index (χ3v) is 3.53. The van der Waals surface area contributed by atoms with E-state index in [9.17, 15) is 9.59 Å². The van der Waals surface area contributed by atoms with Crippen molar-refractivity contribution in [3.05, 3.63) is 29.3 Å². The van der Waals surface area contributed by atoms with Gasteiger partial charge in [-0.1, -0.05) is 0 Å². The molecule has 1 saturated heterocycles. The van der Waals surface area contributed by atoms with Crippen LogP contribution in [0.25, 0.3) is 0 Å². The van der Waals surface area contributed by atoms with Crippen molar-refractivity contribution < 1.29 is 14.3 Å². The van der Waals surface area contributed by atoms with Crippen LogP contribution in [-0.4, -0.2) is 31.1 Å². The minimum atomic E-state index is -0.0739. The molecular formula is C14H16N2O3. The first-order valence-electron chi connectivity index (χ1n) is 6.54. The van der Waals surface area contributed by atoms with Crippen molar-refractivity contribution in [1.82, 2.24) is 5.32 Å². The number of anilines is 1. The summed E-state index contributed by atoms with van der Waals surface area (Å²) in [6.45, 7) is 1.30. The third kappa shape index (κ3) is 2.61. The Morgan fingerprint density at radius 3 is 3.05 bits per heavy atom. The van der Waals surface area contributed by atoms with Gasteiger partial charge in [-0.3, -0.25) is 9.59 Å². The second-order valence-electron chi connectivity index (χ2n) is 4.95. The van der Waals surface area contributed by atoms with E-state index in [2.05, 4.69) is 10.6 Å². The van der Waals surface area contributed by atoms with Crippen molar-refractivity contribution in [3.8, 4) is 0 Å². The molecule has 0 spiro atoms. The molecule has 2 aliphatic heterocycles. The fraction of sp³-hybridized carbons (Fsp3) is 0.429. The van der Waals surface area contributed by atoms with E-state index in [-0.39, 0.29) is 17.9 Å².